The third-order valence-electron chi connectivity index (χ3n) is 5.13. The van der Waals surface area contributed by atoms with Gasteiger partial charge in [-0.2, -0.15) is 18.2 Å². The normalized spacial score (nSPS) is 11.9. The van der Waals surface area contributed by atoms with Gasteiger partial charge in [-0.1, -0.05) is 12.1 Å². The summed E-state index contributed by atoms with van der Waals surface area (Å²) in [4.78, 5) is 24.7. The van der Waals surface area contributed by atoms with Crippen molar-refractivity contribution in [3.8, 4) is 0 Å². The van der Waals surface area contributed by atoms with Crippen molar-refractivity contribution in [2.75, 3.05) is 31.1 Å². The van der Waals surface area contributed by atoms with Gasteiger partial charge in [0.15, 0.2) is 5.58 Å². The highest BCUT2D eigenvalue weighted by Crippen LogP contribution is 2.40. The first-order chi connectivity index (χ1) is 17.0. The summed E-state index contributed by atoms with van der Waals surface area (Å²) >= 11 is 0. The Hall–Kier alpha value is -3.89. The molecule has 0 atom stereocenters. The molecular weight excluding hydrogens is 498 g/mol. The number of aromatic nitrogens is 2. The fourth-order valence-electron chi connectivity index (χ4n) is 3.55. The van der Waals surface area contributed by atoms with E-state index in [1.54, 1.807) is 24.3 Å². The zero-order valence-electron chi connectivity index (χ0n) is 19.3. The molecule has 4 aromatic rings. The van der Waals surface area contributed by atoms with E-state index in [9.17, 15) is 22.5 Å². The van der Waals surface area contributed by atoms with Gasteiger partial charge in [0.25, 0.3) is 5.91 Å². The number of nitrogens with one attached hydrogen (secondary N) is 3. The number of nitrogens with zero attached hydrogens (tertiary/aromatic N) is 2. The van der Waals surface area contributed by atoms with Crippen LogP contribution in [0.15, 0.2) is 59.3 Å². The number of benzene rings is 2. The number of furan rings is 1. The Kier molecular flexibility index (Phi) is 6.75. The van der Waals surface area contributed by atoms with Crippen molar-refractivity contribution in [2.24, 2.45) is 0 Å². The number of amides is 1. The van der Waals surface area contributed by atoms with Gasteiger partial charge in [-0.3, -0.25) is 9.63 Å². The monoisotopic (exact) mass is 519 g/mol. The smallest absolute Gasteiger partial charge is 0.421 e. The number of carbonyl (C=O) groups is 1. The van der Waals surface area contributed by atoms with Gasteiger partial charge in [0, 0.05) is 16.9 Å². The lowest BCUT2D eigenvalue weighted by molar-refractivity contribution is -0.137. The second-order valence-corrected chi connectivity index (χ2v) is 11.2. The van der Waals surface area contributed by atoms with E-state index in [-0.39, 0.29) is 22.8 Å². The van der Waals surface area contributed by atoms with Crippen molar-refractivity contribution < 1.29 is 31.8 Å². The maximum Gasteiger partial charge on any atom is 0.421 e. The maximum absolute atomic E-state index is 13.7. The first kappa shape index (κ1) is 25.2. The molecule has 0 bridgehead atoms. The van der Waals surface area contributed by atoms with Gasteiger partial charge in [-0.15, -0.1) is 0 Å². The summed E-state index contributed by atoms with van der Waals surface area (Å²) in [5.74, 6) is -1.19. The molecule has 0 aliphatic heterocycles. The third kappa shape index (κ3) is 5.19. The van der Waals surface area contributed by atoms with Crippen LogP contribution in [0.4, 0.5) is 36.3 Å². The summed E-state index contributed by atoms with van der Waals surface area (Å²) in [7, 11) is -1.51. The van der Waals surface area contributed by atoms with E-state index in [2.05, 4.69) is 30.9 Å². The number of hydrogen-bond donors (Lipinski definition) is 3. The van der Waals surface area contributed by atoms with Crippen molar-refractivity contribution in [1.82, 2.24) is 15.4 Å². The predicted molar refractivity (Wildman–Crippen MR) is 130 cm³/mol. The largest absolute Gasteiger partial charge is 0.462 e. The van der Waals surface area contributed by atoms with Crippen LogP contribution >= 0.6 is 7.14 Å². The maximum atomic E-state index is 13.7. The minimum Gasteiger partial charge on any atom is -0.462 e. The molecule has 1 amide bonds. The van der Waals surface area contributed by atoms with E-state index < -0.39 is 30.6 Å². The molecule has 13 heteroatoms. The number of alkyl halides is 3. The number of rotatable bonds is 7. The summed E-state index contributed by atoms with van der Waals surface area (Å²) in [6.45, 7) is 3.05. The molecule has 3 N–H and O–H groups in total. The summed E-state index contributed by atoms with van der Waals surface area (Å²) in [5, 5.41) is 6.34. The Bertz CT molecular complexity index is 1480. The average molecular weight is 519 g/mol. The highest BCUT2D eigenvalue weighted by molar-refractivity contribution is 7.70. The minimum absolute atomic E-state index is 0.161. The predicted octanol–water partition coefficient (Wildman–Crippen LogP) is 5.27. The molecule has 9 nitrogen and oxygen atoms in total. The van der Waals surface area contributed by atoms with Crippen molar-refractivity contribution in [3.05, 3.63) is 66.1 Å². The fraction of sp³-hybridized carbons (Fsp3) is 0.174. The van der Waals surface area contributed by atoms with Gasteiger partial charge < -0.3 is 19.6 Å². The molecule has 2 aromatic heterocycles. The number of anilines is 4. The topological polar surface area (TPSA) is 118 Å². The second kappa shape index (κ2) is 9.63. The number of para-hydroxylation sites is 1. The lowest BCUT2D eigenvalue weighted by Crippen LogP contribution is -2.21. The van der Waals surface area contributed by atoms with E-state index in [1.807, 2.05) is 0 Å². The molecule has 0 saturated carbocycles. The molecule has 4 rings (SSSR count). The van der Waals surface area contributed by atoms with E-state index in [1.165, 1.54) is 44.9 Å². The van der Waals surface area contributed by atoms with Crippen LogP contribution in [0.1, 0.15) is 15.9 Å². The molecule has 0 aliphatic rings. The number of carbonyl (C=O) groups excluding carboxylic acids is 1. The molecule has 0 unspecified atom stereocenters. The second-order valence-electron chi connectivity index (χ2n) is 8.03. The van der Waals surface area contributed by atoms with Gasteiger partial charge in [-0.25, -0.2) is 10.5 Å². The Morgan fingerprint density at radius 1 is 1.06 bits per heavy atom. The average Bonchev–Trinajstić information content (AvgIpc) is 3.29. The number of hydroxylamine groups is 1. The highest BCUT2D eigenvalue weighted by Gasteiger charge is 2.36. The van der Waals surface area contributed by atoms with Crippen LogP contribution in [0.3, 0.4) is 0 Å². The molecule has 36 heavy (non-hydrogen) atoms. The van der Waals surface area contributed by atoms with Crippen LogP contribution in [0, 0.1) is 0 Å². The Morgan fingerprint density at radius 3 is 2.50 bits per heavy atom. The SMILES string of the molecule is CONC(=O)c1ccc(Nc2ncc(C(F)(F)F)c(Nc3ccccc3P(C)(C)=O)n2)c2occc12. The first-order valence-electron chi connectivity index (χ1n) is 10.5. The van der Waals surface area contributed by atoms with Crippen LogP contribution in [0.5, 0.6) is 0 Å². The number of hydrogen-bond acceptors (Lipinski definition) is 8. The highest BCUT2D eigenvalue weighted by atomic mass is 31.2. The molecule has 2 heterocycles. The lowest BCUT2D eigenvalue weighted by Gasteiger charge is -2.18. The quantitative estimate of drug-likeness (QED) is 0.223. The number of fused-ring (bicyclic) bond motifs is 1. The van der Waals surface area contributed by atoms with Gasteiger partial charge in [0.1, 0.15) is 18.5 Å². The Balaban J connectivity index is 1.74. The van der Waals surface area contributed by atoms with E-state index in [4.69, 9.17) is 4.42 Å². The minimum atomic E-state index is -4.75. The van der Waals surface area contributed by atoms with Crippen LogP contribution in [0.2, 0.25) is 0 Å². The molecule has 0 radical (unpaired) electrons. The van der Waals surface area contributed by atoms with Crippen LogP contribution in [-0.4, -0.2) is 36.3 Å². The Labute approximate surface area is 203 Å². The van der Waals surface area contributed by atoms with Gasteiger partial charge in [0.05, 0.1) is 30.3 Å². The zero-order valence-corrected chi connectivity index (χ0v) is 20.2. The molecule has 0 aliphatic carbocycles. The summed E-state index contributed by atoms with van der Waals surface area (Å²) < 4.78 is 59.4. The van der Waals surface area contributed by atoms with Crippen molar-refractivity contribution in [1.29, 1.82) is 0 Å². The van der Waals surface area contributed by atoms with Gasteiger partial charge in [-0.05, 0) is 43.7 Å². The zero-order chi connectivity index (χ0) is 26.1. The van der Waals surface area contributed by atoms with Crippen molar-refractivity contribution in [2.45, 2.75) is 6.18 Å². The van der Waals surface area contributed by atoms with Crippen molar-refractivity contribution >= 4 is 52.5 Å². The molecular formula is C23H21F3N5O4P. The number of halogens is 3. The van der Waals surface area contributed by atoms with Crippen LogP contribution in [0.25, 0.3) is 11.0 Å². The Morgan fingerprint density at radius 2 is 1.81 bits per heavy atom. The van der Waals surface area contributed by atoms with Crippen LogP contribution in [-0.2, 0) is 15.6 Å². The standard InChI is InChI=1S/C23H21F3N5O4P/c1-34-31-21(32)14-8-9-17(19-13(14)10-11-35-19)29-22-27-12-15(23(24,25)26)20(30-22)28-16-6-4-5-7-18(16)36(2,3)33/h4-12H,1-3H3,(H,31,32)(H2,27,28,29,30). The van der Waals surface area contributed by atoms with Gasteiger partial charge in [0.2, 0.25) is 5.95 Å². The van der Waals surface area contributed by atoms with E-state index in [0.717, 1.165) is 0 Å². The molecule has 0 fully saturated rings. The first-order valence-corrected chi connectivity index (χ1v) is 13.1. The van der Waals surface area contributed by atoms with E-state index >= 15 is 0 Å². The van der Waals surface area contributed by atoms with Crippen LogP contribution < -0.4 is 21.4 Å². The molecule has 188 valence electrons. The molecule has 0 spiro atoms. The fourth-order valence-corrected chi connectivity index (χ4v) is 4.70. The third-order valence-corrected chi connectivity index (χ3v) is 6.68. The summed E-state index contributed by atoms with van der Waals surface area (Å²) in [6, 6.07) is 11.0. The lowest BCUT2D eigenvalue weighted by atomic mass is 10.1. The summed E-state index contributed by atoms with van der Waals surface area (Å²) in [6.07, 6.45) is -2.73. The molecule has 0 saturated heterocycles. The van der Waals surface area contributed by atoms with Gasteiger partial charge >= 0.3 is 6.18 Å². The molecule has 2 aromatic carbocycles. The van der Waals surface area contributed by atoms with E-state index in [0.29, 0.717) is 22.6 Å². The summed E-state index contributed by atoms with van der Waals surface area (Å²) in [5.41, 5.74) is 2.21. The van der Waals surface area contributed by atoms with Crippen molar-refractivity contribution in [3.63, 3.8) is 0 Å².